The van der Waals surface area contributed by atoms with Crippen LogP contribution in [0.1, 0.15) is 38.4 Å². The highest BCUT2D eigenvalue weighted by atomic mass is 16.5. The SMILES string of the molecule is CNCCCc1nc(CCC(C)C)no1. The fourth-order valence-corrected chi connectivity index (χ4v) is 1.33. The van der Waals surface area contributed by atoms with E-state index in [2.05, 4.69) is 29.3 Å². The summed E-state index contributed by atoms with van der Waals surface area (Å²) < 4.78 is 5.15. The fraction of sp³-hybridized carbons (Fsp3) is 0.818. The number of aryl methyl sites for hydroxylation is 2. The molecule has 0 aliphatic carbocycles. The summed E-state index contributed by atoms with van der Waals surface area (Å²) in [5, 5.41) is 7.06. The van der Waals surface area contributed by atoms with Crippen LogP contribution in [0.5, 0.6) is 0 Å². The molecule has 0 saturated heterocycles. The maximum Gasteiger partial charge on any atom is 0.226 e. The van der Waals surface area contributed by atoms with Crippen LogP contribution < -0.4 is 5.32 Å². The fourth-order valence-electron chi connectivity index (χ4n) is 1.33. The number of hydrogen-bond acceptors (Lipinski definition) is 4. The molecule has 0 radical (unpaired) electrons. The Bertz CT molecular complexity index is 271. The van der Waals surface area contributed by atoms with Gasteiger partial charge in [-0.15, -0.1) is 0 Å². The minimum absolute atomic E-state index is 0.691. The van der Waals surface area contributed by atoms with E-state index in [1.807, 2.05) is 7.05 Å². The van der Waals surface area contributed by atoms with Gasteiger partial charge >= 0.3 is 0 Å². The van der Waals surface area contributed by atoms with E-state index >= 15 is 0 Å². The van der Waals surface area contributed by atoms with Gasteiger partial charge < -0.3 is 9.84 Å². The van der Waals surface area contributed by atoms with Crippen LogP contribution in [0.25, 0.3) is 0 Å². The largest absolute Gasteiger partial charge is 0.339 e. The summed E-state index contributed by atoms with van der Waals surface area (Å²) in [5.41, 5.74) is 0. The van der Waals surface area contributed by atoms with Crippen molar-refractivity contribution in [3.8, 4) is 0 Å². The van der Waals surface area contributed by atoms with E-state index in [4.69, 9.17) is 4.52 Å². The topological polar surface area (TPSA) is 51.0 Å². The highest BCUT2D eigenvalue weighted by Crippen LogP contribution is 2.07. The Balaban J connectivity index is 2.29. The Kier molecular flexibility index (Phi) is 5.32. The minimum atomic E-state index is 0.691. The standard InChI is InChI=1S/C11H21N3O/c1-9(2)6-7-10-13-11(15-14-10)5-4-8-12-3/h9,12H,4-8H2,1-3H3. The molecule has 15 heavy (non-hydrogen) atoms. The lowest BCUT2D eigenvalue weighted by molar-refractivity contribution is 0.368. The molecule has 1 N–H and O–H groups in total. The first-order chi connectivity index (χ1) is 7.22. The Morgan fingerprint density at radius 1 is 1.33 bits per heavy atom. The van der Waals surface area contributed by atoms with Crippen molar-refractivity contribution in [1.82, 2.24) is 15.5 Å². The van der Waals surface area contributed by atoms with Crippen molar-refractivity contribution in [2.75, 3.05) is 13.6 Å². The molecule has 0 spiro atoms. The van der Waals surface area contributed by atoms with Crippen molar-refractivity contribution in [2.24, 2.45) is 5.92 Å². The van der Waals surface area contributed by atoms with Crippen LogP contribution in [0, 0.1) is 5.92 Å². The Morgan fingerprint density at radius 3 is 2.80 bits per heavy atom. The van der Waals surface area contributed by atoms with Crippen LogP contribution in [0.2, 0.25) is 0 Å². The van der Waals surface area contributed by atoms with Crippen molar-refractivity contribution in [1.29, 1.82) is 0 Å². The van der Waals surface area contributed by atoms with Crippen LogP contribution in [0.15, 0.2) is 4.52 Å². The van der Waals surface area contributed by atoms with Gasteiger partial charge in [0.25, 0.3) is 0 Å². The molecule has 1 heterocycles. The predicted octanol–water partition coefficient (Wildman–Crippen LogP) is 1.81. The molecular formula is C11H21N3O. The quantitative estimate of drug-likeness (QED) is 0.699. The highest BCUT2D eigenvalue weighted by Gasteiger charge is 2.06. The minimum Gasteiger partial charge on any atom is -0.339 e. The summed E-state index contributed by atoms with van der Waals surface area (Å²) in [6, 6.07) is 0. The zero-order valence-corrected chi connectivity index (χ0v) is 9.92. The van der Waals surface area contributed by atoms with Crippen molar-refractivity contribution >= 4 is 0 Å². The first kappa shape index (κ1) is 12.2. The van der Waals surface area contributed by atoms with E-state index < -0.39 is 0 Å². The molecule has 0 aliphatic heterocycles. The second-order valence-electron chi connectivity index (χ2n) is 4.24. The zero-order chi connectivity index (χ0) is 11.1. The number of aromatic nitrogens is 2. The molecule has 4 heteroatoms. The van der Waals surface area contributed by atoms with Gasteiger partial charge in [-0.25, -0.2) is 0 Å². The van der Waals surface area contributed by atoms with Crippen LogP contribution >= 0.6 is 0 Å². The smallest absolute Gasteiger partial charge is 0.226 e. The zero-order valence-electron chi connectivity index (χ0n) is 9.92. The van der Waals surface area contributed by atoms with Crippen LogP contribution in [0.3, 0.4) is 0 Å². The molecule has 0 bridgehead atoms. The summed E-state index contributed by atoms with van der Waals surface area (Å²) in [6.45, 7) is 5.39. The predicted molar refractivity (Wildman–Crippen MR) is 59.7 cm³/mol. The molecule has 0 amide bonds. The lowest BCUT2D eigenvalue weighted by Crippen LogP contribution is -2.08. The van der Waals surface area contributed by atoms with Gasteiger partial charge in [0, 0.05) is 12.8 Å². The normalized spacial score (nSPS) is 11.2. The highest BCUT2D eigenvalue weighted by molar-refractivity contribution is 4.86. The van der Waals surface area contributed by atoms with Gasteiger partial charge in [-0.3, -0.25) is 0 Å². The molecule has 0 fully saturated rings. The Labute approximate surface area is 91.5 Å². The van der Waals surface area contributed by atoms with Gasteiger partial charge in [0.15, 0.2) is 5.82 Å². The second-order valence-corrected chi connectivity index (χ2v) is 4.24. The summed E-state index contributed by atoms with van der Waals surface area (Å²) in [4.78, 5) is 4.35. The summed E-state index contributed by atoms with van der Waals surface area (Å²) in [6.07, 6.45) is 3.96. The average Bonchev–Trinajstić information content (AvgIpc) is 2.63. The maximum atomic E-state index is 5.15. The average molecular weight is 211 g/mol. The van der Waals surface area contributed by atoms with Crippen LogP contribution in [-0.4, -0.2) is 23.7 Å². The number of rotatable bonds is 7. The van der Waals surface area contributed by atoms with Crippen molar-refractivity contribution in [2.45, 2.75) is 39.5 Å². The molecule has 0 unspecified atom stereocenters. The second kappa shape index (κ2) is 6.56. The third kappa shape index (κ3) is 4.93. The van der Waals surface area contributed by atoms with Crippen molar-refractivity contribution in [3.63, 3.8) is 0 Å². The molecular weight excluding hydrogens is 190 g/mol. The van der Waals surface area contributed by atoms with Crippen LogP contribution in [0.4, 0.5) is 0 Å². The van der Waals surface area contributed by atoms with Gasteiger partial charge in [0.05, 0.1) is 0 Å². The molecule has 86 valence electrons. The van der Waals surface area contributed by atoms with Gasteiger partial charge in [0.2, 0.25) is 5.89 Å². The molecule has 1 rings (SSSR count). The number of nitrogens with zero attached hydrogens (tertiary/aromatic N) is 2. The van der Waals surface area contributed by atoms with Gasteiger partial charge in [0.1, 0.15) is 0 Å². The molecule has 0 aliphatic rings. The van der Waals surface area contributed by atoms with Gasteiger partial charge in [-0.2, -0.15) is 4.98 Å². The van der Waals surface area contributed by atoms with Gasteiger partial charge in [-0.1, -0.05) is 19.0 Å². The summed E-state index contributed by atoms with van der Waals surface area (Å²) in [5.74, 6) is 2.31. The van der Waals surface area contributed by atoms with Crippen molar-refractivity contribution in [3.05, 3.63) is 11.7 Å². The molecule has 0 aromatic carbocycles. The van der Waals surface area contributed by atoms with E-state index in [9.17, 15) is 0 Å². The molecule has 1 aromatic rings. The summed E-state index contributed by atoms with van der Waals surface area (Å²) in [7, 11) is 1.95. The monoisotopic (exact) mass is 211 g/mol. The van der Waals surface area contributed by atoms with Gasteiger partial charge in [-0.05, 0) is 32.4 Å². The van der Waals surface area contributed by atoms with E-state index in [1.54, 1.807) is 0 Å². The van der Waals surface area contributed by atoms with E-state index in [0.29, 0.717) is 5.92 Å². The number of nitrogens with one attached hydrogen (secondary N) is 1. The third-order valence-corrected chi connectivity index (χ3v) is 2.27. The third-order valence-electron chi connectivity index (χ3n) is 2.27. The van der Waals surface area contributed by atoms with E-state index in [-0.39, 0.29) is 0 Å². The maximum absolute atomic E-state index is 5.15. The molecule has 4 nitrogen and oxygen atoms in total. The number of hydrogen-bond donors (Lipinski definition) is 1. The first-order valence-corrected chi connectivity index (χ1v) is 5.68. The van der Waals surface area contributed by atoms with Crippen LogP contribution in [-0.2, 0) is 12.8 Å². The molecule has 0 atom stereocenters. The summed E-state index contributed by atoms with van der Waals surface area (Å²) >= 11 is 0. The van der Waals surface area contributed by atoms with E-state index in [1.165, 1.54) is 0 Å². The lowest BCUT2D eigenvalue weighted by Gasteiger charge is -1.98. The Morgan fingerprint density at radius 2 is 2.13 bits per heavy atom. The van der Waals surface area contributed by atoms with E-state index in [0.717, 1.165) is 43.9 Å². The van der Waals surface area contributed by atoms with Crippen molar-refractivity contribution < 1.29 is 4.52 Å². The lowest BCUT2D eigenvalue weighted by atomic mass is 10.1. The molecule has 0 saturated carbocycles. The first-order valence-electron chi connectivity index (χ1n) is 5.68. The Hall–Kier alpha value is -0.900. The molecule has 1 aromatic heterocycles.